The number of nitrogens with zero attached hydrogens (tertiary/aromatic N) is 1. The molecule has 6 nitrogen and oxygen atoms in total. The van der Waals surface area contributed by atoms with Gasteiger partial charge in [0.05, 0.1) is 0 Å². The summed E-state index contributed by atoms with van der Waals surface area (Å²) in [6.45, 7) is 2.60. The summed E-state index contributed by atoms with van der Waals surface area (Å²) in [4.78, 5) is 37.6. The topological polar surface area (TPSA) is 78.5 Å². The van der Waals surface area contributed by atoms with E-state index in [4.69, 9.17) is 0 Å². The fourth-order valence-electron chi connectivity index (χ4n) is 3.49. The average Bonchev–Trinajstić information content (AvgIpc) is 2.68. The van der Waals surface area contributed by atoms with Crippen LogP contribution in [0.2, 0.25) is 0 Å². The van der Waals surface area contributed by atoms with Crippen molar-refractivity contribution in [2.75, 3.05) is 23.7 Å². The second-order valence-corrected chi connectivity index (χ2v) is 7.14. The quantitative estimate of drug-likeness (QED) is 0.802. The van der Waals surface area contributed by atoms with E-state index in [1.165, 1.54) is 12.5 Å². The molecule has 0 atom stereocenters. The first-order valence-corrected chi connectivity index (χ1v) is 9.53. The van der Waals surface area contributed by atoms with Gasteiger partial charge in [0, 0.05) is 31.4 Å². The predicted octanol–water partition coefficient (Wildman–Crippen LogP) is 3.06. The SMILES string of the molecule is CC(=O)Nc1cccc(NC(=O)C(=O)N2CCC(Cc3ccccc3)CC2)c1. The summed E-state index contributed by atoms with van der Waals surface area (Å²) in [7, 11) is 0. The van der Waals surface area contributed by atoms with Crippen molar-refractivity contribution in [3.8, 4) is 0 Å². The smallest absolute Gasteiger partial charge is 0.313 e. The van der Waals surface area contributed by atoms with Crippen molar-refractivity contribution >= 4 is 29.1 Å². The van der Waals surface area contributed by atoms with Gasteiger partial charge in [0.25, 0.3) is 0 Å². The number of nitrogens with one attached hydrogen (secondary N) is 2. The maximum Gasteiger partial charge on any atom is 0.313 e. The molecule has 0 aliphatic carbocycles. The number of likely N-dealkylation sites (tertiary alicyclic amines) is 1. The summed E-state index contributed by atoms with van der Waals surface area (Å²) in [6, 6.07) is 17.1. The Morgan fingerprint density at radius 3 is 2.21 bits per heavy atom. The van der Waals surface area contributed by atoms with Crippen LogP contribution in [0.1, 0.15) is 25.3 Å². The molecule has 2 aromatic carbocycles. The molecule has 0 bridgehead atoms. The average molecular weight is 379 g/mol. The number of benzene rings is 2. The number of hydrogen-bond acceptors (Lipinski definition) is 3. The molecular weight excluding hydrogens is 354 g/mol. The van der Waals surface area contributed by atoms with Crippen LogP contribution < -0.4 is 10.6 Å². The fourth-order valence-corrected chi connectivity index (χ4v) is 3.49. The highest BCUT2D eigenvalue weighted by Crippen LogP contribution is 2.22. The van der Waals surface area contributed by atoms with Crippen LogP contribution in [-0.4, -0.2) is 35.7 Å². The van der Waals surface area contributed by atoms with Crippen molar-refractivity contribution in [1.82, 2.24) is 4.90 Å². The highest BCUT2D eigenvalue weighted by atomic mass is 16.2. The van der Waals surface area contributed by atoms with Gasteiger partial charge in [-0.25, -0.2) is 0 Å². The van der Waals surface area contributed by atoms with Crippen LogP contribution in [0.25, 0.3) is 0 Å². The Morgan fingerprint density at radius 2 is 1.57 bits per heavy atom. The fraction of sp³-hybridized carbons (Fsp3) is 0.318. The molecule has 146 valence electrons. The van der Waals surface area contributed by atoms with E-state index in [0.29, 0.717) is 30.4 Å². The summed E-state index contributed by atoms with van der Waals surface area (Å²) in [5.74, 6) is -0.827. The van der Waals surface area contributed by atoms with Gasteiger partial charge < -0.3 is 15.5 Å². The van der Waals surface area contributed by atoms with Gasteiger partial charge in [-0.3, -0.25) is 14.4 Å². The van der Waals surface area contributed by atoms with Gasteiger partial charge in [-0.15, -0.1) is 0 Å². The highest BCUT2D eigenvalue weighted by Gasteiger charge is 2.27. The molecule has 28 heavy (non-hydrogen) atoms. The Balaban J connectivity index is 1.50. The third-order valence-electron chi connectivity index (χ3n) is 4.90. The monoisotopic (exact) mass is 379 g/mol. The van der Waals surface area contributed by atoms with E-state index in [-0.39, 0.29) is 5.91 Å². The van der Waals surface area contributed by atoms with Gasteiger partial charge in [-0.05, 0) is 48.9 Å². The summed E-state index contributed by atoms with van der Waals surface area (Å²) < 4.78 is 0. The number of amides is 3. The minimum atomic E-state index is -0.651. The van der Waals surface area contributed by atoms with Crippen molar-refractivity contribution in [1.29, 1.82) is 0 Å². The van der Waals surface area contributed by atoms with Gasteiger partial charge in [0.1, 0.15) is 0 Å². The molecule has 6 heteroatoms. The van der Waals surface area contributed by atoms with E-state index in [2.05, 4.69) is 22.8 Å². The van der Waals surface area contributed by atoms with Crippen LogP contribution >= 0.6 is 0 Å². The van der Waals surface area contributed by atoms with Crippen LogP contribution in [-0.2, 0) is 20.8 Å². The molecule has 0 aromatic heterocycles. The zero-order valence-corrected chi connectivity index (χ0v) is 16.0. The molecule has 0 radical (unpaired) electrons. The highest BCUT2D eigenvalue weighted by molar-refractivity contribution is 6.39. The molecule has 0 unspecified atom stereocenters. The molecular formula is C22H25N3O3. The standard InChI is InChI=1S/C22H25N3O3/c1-16(26)23-19-8-5-9-20(15-19)24-21(27)22(28)25-12-10-18(11-13-25)14-17-6-3-2-4-7-17/h2-9,15,18H,10-14H2,1H3,(H,23,26)(H,24,27). The van der Waals surface area contributed by atoms with Gasteiger partial charge in [-0.2, -0.15) is 0 Å². The molecule has 1 fully saturated rings. The number of carbonyl (C=O) groups excluding carboxylic acids is 3. The van der Waals surface area contributed by atoms with Crippen LogP contribution in [0.15, 0.2) is 54.6 Å². The van der Waals surface area contributed by atoms with Crippen LogP contribution in [0, 0.1) is 5.92 Å². The minimum absolute atomic E-state index is 0.196. The Kier molecular flexibility index (Phi) is 6.42. The Hall–Kier alpha value is -3.15. The first kappa shape index (κ1) is 19.6. The summed E-state index contributed by atoms with van der Waals surface area (Å²) in [5, 5.41) is 5.27. The lowest BCUT2D eigenvalue weighted by molar-refractivity contribution is -0.144. The first-order chi connectivity index (χ1) is 13.5. The maximum atomic E-state index is 12.5. The van der Waals surface area contributed by atoms with Crippen LogP contribution in [0.3, 0.4) is 0 Å². The van der Waals surface area contributed by atoms with E-state index in [0.717, 1.165) is 19.3 Å². The molecule has 3 amide bonds. The number of rotatable bonds is 4. The summed E-state index contributed by atoms with van der Waals surface area (Å²) in [6.07, 6.45) is 2.79. The molecule has 1 heterocycles. The predicted molar refractivity (Wildman–Crippen MR) is 109 cm³/mol. The zero-order valence-electron chi connectivity index (χ0n) is 16.0. The molecule has 3 rings (SSSR count). The lowest BCUT2D eigenvalue weighted by Gasteiger charge is -2.31. The van der Waals surface area contributed by atoms with E-state index in [1.807, 2.05) is 18.2 Å². The van der Waals surface area contributed by atoms with E-state index >= 15 is 0 Å². The molecule has 1 saturated heterocycles. The molecule has 1 aliphatic heterocycles. The van der Waals surface area contributed by atoms with Crippen molar-refractivity contribution in [3.63, 3.8) is 0 Å². The zero-order chi connectivity index (χ0) is 19.9. The van der Waals surface area contributed by atoms with Gasteiger partial charge in [0.15, 0.2) is 0 Å². The molecule has 2 N–H and O–H groups in total. The van der Waals surface area contributed by atoms with Crippen molar-refractivity contribution in [3.05, 3.63) is 60.2 Å². The number of piperidine rings is 1. The summed E-state index contributed by atoms with van der Waals surface area (Å²) in [5.41, 5.74) is 2.35. The lowest BCUT2D eigenvalue weighted by atomic mass is 9.90. The number of hydrogen-bond donors (Lipinski definition) is 2. The number of anilines is 2. The Labute approximate surface area is 164 Å². The molecule has 0 saturated carbocycles. The van der Waals surface area contributed by atoms with Gasteiger partial charge >= 0.3 is 11.8 Å². The molecule has 2 aromatic rings. The van der Waals surface area contributed by atoms with Gasteiger partial charge in [-0.1, -0.05) is 36.4 Å². The Morgan fingerprint density at radius 1 is 0.929 bits per heavy atom. The molecule has 0 spiro atoms. The van der Waals surface area contributed by atoms with E-state index < -0.39 is 11.8 Å². The van der Waals surface area contributed by atoms with Crippen LogP contribution in [0.5, 0.6) is 0 Å². The largest absolute Gasteiger partial charge is 0.334 e. The van der Waals surface area contributed by atoms with E-state index in [9.17, 15) is 14.4 Å². The second-order valence-electron chi connectivity index (χ2n) is 7.14. The van der Waals surface area contributed by atoms with Crippen molar-refractivity contribution in [2.45, 2.75) is 26.2 Å². The minimum Gasteiger partial charge on any atom is -0.334 e. The van der Waals surface area contributed by atoms with E-state index in [1.54, 1.807) is 29.2 Å². The lowest BCUT2D eigenvalue weighted by Crippen LogP contribution is -2.44. The van der Waals surface area contributed by atoms with Crippen molar-refractivity contribution < 1.29 is 14.4 Å². The second kappa shape index (κ2) is 9.17. The van der Waals surface area contributed by atoms with Crippen LogP contribution in [0.4, 0.5) is 11.4 Å². The van der Waals surface area contributed by atoms with Gasteiger partial charge in [0.2, 0.25) is 5.91 Å². The summed E-state index contributed by atoms with van der Waals surface area (Å²) >= 11 is 0. The molecule has 1 aliphatic rings. The third-order valence-corrected chi connectivity index (χ3v) is 4.90. The third kappa shape index (κ3) is 5.42. The maximum absolute atomic E-state index is 12.5. The van der Waals surface area contributed by atoms with Crippen molar-refractivity contribution in [2.24, 2.45) is 5.92 Å². The Bertz CT molecular complexity index is 843. The number of carbonyl (C=O) groups is 3. The first-order valence-electron chi connectivity index (χ1n) is 9.53. The normalized spacial score (nSPS) is 14.4.